The summed E-state index contributed by atoms with van der Waals surface area (Å²) in [5.74, 6) is -0.980. The minimum absolute atomic E-state index is 0.0273. The summed E-state index contributed by atoms with van der Waals surface area (Å²) in [4.78, 5) is 8.20. The minimum Gasteiger partial charge on any atom is -0.231 e. The van der Waals surface area contributed by atoms with Crippen molar-refractivity contribution in [1.82, 2.24) is 9.97 Å². The lowest BCUT2D eigenvalue weighted by molar-refractivity contribution is 0.562. The number of hydrogen-bond donors (Lipinski definition) is 0. The Morgan fingerprint density at radius 2 is 2.06 bits per heavy atom. The van der Waals surface area contributed by atoms with Crippen molar-refractivity contribution in [3.8, 4) is 0 Å². The van der Waals surface area contributed by atoms with Gasteiger partial charge in [-0.05, 0) is 41.1 Å². The third-order valence-corrected chi connectivity index (χ3v) is 3.76. The second-order valence-corrected chi connectivity index (χ2v) is 5.39. The Morgan fingerprint density at radius 1 is 1.28 bits per heavy atom. The fourth-order valence-corrected chi connectivity index (χ4v) is 2.59. The van der Waals surface area contributed by atoms with Gasteiger partial charge in [-0.25, -0.2) is 18.7 Å². The largest absolute Gasteiger partial charge is 0.231 e. The van der Waals surface area contributed by atoms with Crippen molar-refractivity contribution >= 4 is 27.7 Å². The van der Waals surface area contributed by atoms with E-state index >= 15 is 0 Å². The maximum atomic E-state index is 13.7. The average Bonchev–Trinajstić information content (AvgIpc) is 2.34. The summed E-state index contributed by atoms with van der Waals surface area (Å²) >= 11 is 4.24. The lowest BCUT2D eigenvalue weighted by atomic mass is 10.2. The van der Waals surface area contributed by atoms with Crippen LogP contribution in [-0.4, -0.2) is 9.97 Å². The molecule has 1 aromatic heterocycles. The van der Waals surface area contributed by atoms with Crippen molar-refractivity contribution in [2.75, 3.05) is 0 Å². The number of nitrogens with zero attached hydrogens (tertiary/aromatic N) is 2. The van der Waals surface area contributed by atoms with Crippen LogP contribution in [0.1, 0.15) is 11.3 Å². The van der Waals surface area contributed by atoms with Gasteiger partial charge in [0, 0.05) is 23.2 Å². The number of benzene rings is 1. The van der Waals surface area contributed by atoms with Crippen molar-refractivity contribution in [1.29, 1.82) is 0 Å². The highest BCUT2D eigenvalue weighted by atomic mass is 79.9. The van der Waals surface area contributed by atoms with E-state index in [1.807, 2.05) is 6.92 Å². The summed E-state index contributed by atoms with van der Waals surface area (Å²) in [5, 5.41) is 0.508. The van der Waals surface area contributed by atoms with Crippen LogP contribution in [0.2, 0.25) is 0 Å². The van der Waals surface area contributed by atoms with E-state index in [-0.39, 0.29) is 15.8 Å². The molecule has 0 aliphatic carbocycles. The predicted octanol–water partition coefficient (Wildman–Crippen LogP) is 4.12. The lowest BCUT2D eigenvalue weighted by Gasteiger charge is -2.05. The lowest BCUT2D eigenvalue weighted by Crippen LogP contribution is -1.96. The van der Waals surface area contributed by atoms with Gasteiger partial charge < -0.3 is 0 Å². The van der Waals surface area contributed by atoms with Crippen LogP contribution in [-0.2, 0) is 5.75 Å². The van der Waals surface area contributed by atoms with E-state index < -0.39 is 11.6 Å². The van der Waals surface area contributed by atoms with Crippen LogP contribution in [0.25, 0.3) is 0 Å². The highest BCUT2D eigenvalue weighted by molar-refractivity contribution is 9.10. The smallest absolute Gasteiger partial charge is 0.188 e. The third-order valence-electron chi connectivity index (χ3n) is 2.26. The summed E-state index contributed by atoms with van der Waals surface area (Å²) in [6, 6.07) is 4.35. The summed E-state index contributed by atoms with van der Waals surface area (Å²) in [7, 11) is 0. The second-order valence-electron chi connectivity index (χ2n) is 3.59. The van der Waals surface area contributed by atoms with E-state index in [0.29, 0.717) is 5.16 Å². The first-order valence-corrected chi connectivity index (χ1v) is 6.90. The molecule has 0 unspecified atom stereocenters. The maximum absolute atomic E-state index is 13.7. The Kier molecular flexibility index (Phi) is 4.29. The topological polar surface area (TPSA) is 25.8 Å². The van der Waals surface area contributed by atoms with Gasteiger partial charge in [0.05, 0.1) is 4.47 Å². The van der Waals surface area contributed by atoms with Crippen LogP contribution in [0.5, 0.6) is 0 Å². The normalized spacial score (nSPS) is 10.7. The summed E-state index contributed by atoms with van der Waals surface area (Å²) in [5.41, 5.74) is 0.849. The van der Waals surface area contributed by atoms with Crippen LogP contribution in [0.4, 0.5) is 8.78 Å². The number of hydrogen-bond acceptors (Lipinski definition) is 3. The molecule has 2 nitrogen and oxygen atoms in total. The molecule has 0 amide bonds. The van der Waals surface area contributed by atoms with Crippen molar-refractivity contribution in [2.45, 2.75) is 17.8 Å². The molecule has 0 aliphatic heterocycles. The van der Waals surface area contributed by atoms with E-state index in [1.54, 1.807) is 12.3 Å². The molecule has 0 saturated carbocycles. The summed E-state index contributed by atoms with van der Waals surface area (Å²) in [6.45, 7) is 1.84. The van der Waals surface area contributed by atoms with Gasteiger partial charge in [-0.1, -0.05) is 11.8 Å². The predicted molar refractivity (Wildman–Crippen MR) is 70.4 cm³/mol. The third kappa shape index (κ3) is 3.05. The maximum Gasteiger partial charge on any atom is 0.188 e. The Hall–Kier alpha value is -1.01. The molecule has 0 bridgehead atoms. The van der Waals surface area contributed by atoms with Crippen molar-refractivity contribution in [2.24, 2.45) is 0 Å². The highest BCUT2D eigenvalue weighted by Crippen LogP contribution is 2.27. The molecule has 6 heteroatoms. The molecular weight excluding hydrogens is 322 g/mol. The summed E-state index contributed by atoms with van der Waals surface area (Å²) in [6.07, 6.45) is 1.62. The molecule has 0 aliphatic rings. The van der Waals surface area contributed by atoms with Crippen LogP contribution >= 0.6 is 27.7 Å². The van der Waals surface area contributed by atoms with Crippen LogP contribution in [0.3, 0.4) is 0 Å². The summed E-state index contributed by atoms with van der Waals surface area (Å²) < 4.78 is 27.5. The van der Waals surface area contributed by atoms with Gasteiger partial charge >= 0.3 is 0 Å². The quantitative estimate of drug-likeness (QED) is 0.481. The van der Waals surface area contributed by atoms with E-state index in [9.17, 15) is 8.78 Å². The van der Waals surface area contributed by atoms with Crippen LogP contribution in [0.15, 0.2) is 34.0 Å². The Labute approximate surface area is 116 Å². The molecule has 0 atom stereocenters. The zero-order chi connectivity index (χ0) is 13.1. The second kappa shape index (κ2) is 5.75. The van der Waals surface area contributed by atoms with Gasteiger partial charge in [0.2, 0.25) is 0 Å². The zero-order valence-corrected chi connectivity index (χ0v) is 11.9. The Bertz CT molecular complexity index is 578. The zero-order valence-electron chi connectivity index (χ0n) is 9.45. The first-order valence-electron chi connectivity index (χ1n) is 5.13. The molecule has 1 aromatic carbocycles. The van der Waals surface area contributed by atoms with Gasteiger partial charge in [0.25, 0.3) is 0 Å². The number of rotatable bonds is 3. The SMILES string of the molecule is Cc1ccnc(SCc2c(F)ccc(Br)c2F)n1. The van der Waals surface area contributed by atoms with Crippen molar-refractivity contribution in [3.63, 3.8) is 0 Å². The molecule has 2 rings (SSSR count). The van der Waals surface area contributed by atoms with E-state index in [1.165, 1.54) is 23.9 Å². The van der Waals surface area contributed by atoms with E-state index in [0.717, 1.165) is 5.69 Å². The monoisotopic (exact) mass is 330 g/mol. The van der Waals surface area contributed by atoms with Crippen LogP contribution < -0.4 is 0 Å². The number of aryl methyl sites for hydroxylation is 1. The first kappa shape index (κ1) is 13.4. The molecule has 0 spiro atoms. The molecule has 0 fully saturated rings. The molecule has 0 radical (unpaired) electrons. The highest BCUT2D eigenvalue weighted by Gasteiger charge is 2.13. The molecule has 0 N–H and O–H groups in total. The fraction of sp³-hybridized carbons (Fsp3) is 0.167. The number of thioether (sulfide) groups is 1. The first-order chi connectivity index (χ1) is 8.58. The van der Waals surface area contributed by atoms with Gasteiger partial charge in [0.15, 0.2) is 5.16 Å². The standard InChI is InChI=1S/C12H9BrF2N2S/c1-7-4-5-16-12(17-7)18-6-8-10(14)3-2-9(13)11(8)15/h2-5H,6H2,1H3. The Balaban J connectivity index is 2.18. The van der Waals surface area contributed by atoms with E-state index in [4.69, 9.17) is 0 Å². The average molecular weight is 331 g/mol. The van der Waals surface area contributed by atoms with Crippen LogP contribution in [0, 0.1) is 18.6 Å². The number of aromatic nitrogens is 2. The number of halogens is 3. The molecule has 1 heterocycles. The fourth-order valence-electron chi connectivity index (χ4n) is 1.33. The molecule has 94 valence electrons. The van der Waals surface area contributed by atoms with Crippen molar-refractivity contribution in [3.05, 3.63) is 51.8 Å². The molecular formula is C12H9BrF2N2S. The van der Waals surface area contributed by atoms with Crippen molar-refractivity contribution < 1.29 is 8.78 Å². The molecule has 2 aromatic rings. The van der Waals surface area contributed by atoms with Gasteiger partial charge in [-0.15, -0.1) is 0 Å². The minimum atomic E-state index is -0.574. The van der Waals surface area contributed by atoms with Gasteiger partial charge in [-0.3, -0.25) is 0 Å². The van der Waals surface area contributed by atoms with Gasteiger partial charge in [-0.2, -0.15) is 0 Å². The van der Waals surface area contributed by atoms with Gasteiger partial charge in [0.1, 0.15) is 11.6 Å². The molecule has 0 saturated heterocycles. The Morgan fingerprint density at radius 3 is 2.78 bits per heavy atom. The molecule has 18 heavy (non-hydrogen) atoms. The van der Waals surface area contributed by atoms with E-state index in [2.05, 4.69) is 25.9 Å².